The normalized spacial score (nSPS) is 18.5. The first-order valence-corrected chi connectivity index (χ1v) is 7.85. The molecule has 0 radical (unpaired) electrons. The van der Waals surface area contributed by atoms with Gasteiger partial charge in [0.25, 0.3) is 0 Å². The largest absolute Gasteiger partial charge is 0.377 e. The first-order valence-electron chi connectivity index (χ1n) is 6.18. The van der Waals surface area contributed by atoms with Crippen molar-refractivity contribution in [3.63, 3.8) is 0 Å². The minimum Gasteiger partial charge on any atom is -0.377 e. The summed E-state index contributed by atoms with van der Waals surface area (Å²) in [6, 6.07) is 2.15. The van der Waals surface area contributed by atoms with Crippen LogP contribution in [-0.2, 0) is 0 Å². The number of hydrogen-bond acceptors (Lipinski definition) is 4. The number of rotatable bonds is 5. The van der Waals surface area contributed by atoms with Crippen LogP contribution < -0.4 is 11.1 Å². The Morgan fingerprint density at radius 1 is 1.47 bits per heavy atom. The van der Waals surface area contributed by atoms with Gasteiger partial charge in [0.05, 0.1) is 5.00 Å². The highest BCUT2D eigenvalue weighted by atomic mass is 79.9. The van der Waals surface area contributed by atoms with E-state index in [2.05, 4.69) is 37.6 Å². The monoisotopic (exact) mass is 317 g/mol. The van der Waals surface area contributed by atoms with Gasteiger partial charge in [0.2, 0.25) is 0 Å². The molecule has 1 aliphatic heterocycles. The summed E-state index contributed by atoms with van der Waals surface area (Å²) in [6.07, 6.45) is 2.58. The van der Waals surface area contributed by atoms with Crippen LogP contribution in [0.2, 0.25) is 0 Å². The van der Waals surface area contributed by atoms with E-state index in [1.165, 1.54) is 35.4 Å². The number of thiophene rings is 1. The highest BCUT2D eigenvalue weighted by molar-refractivity contribution is 9.10. The third-order valence-electron chi connectivity index (χ3n) is 3.28. The summed E-state index contributed by atoms with van der Waals surface area (Å²) in [5.74, 6) is 0.810. The summed E-state index contributed by atoms with van der Waals surface area (Å²) in [5.41, 5.74) is 5.57. The van der Waals surface area contributed by atoms with E-state index >= 15 is 0 Å². The summed E-state index contributed by atoms with van der Waals surface area (Å²) in [7, 11) is 0. The molecule has 0 atom stereocenters. The Labute approximate surface area is 116 Å². The molecular formula is C12H20BrN3S. The molecule has 0 spiro atoms. The summed E-state index contributed by atoms with van der Waals surface area (Å²) < 4.78 is 1.17. The van der Waals surface area contributed by atoms with E-state index in [9.17, 15) is 0 Å². The topological polar surface area (TPSA) is 41.3 Å². The van der Waals surface area contributed by atoms with Crippen LogP contribution in [0.1, 0.15) is 12.8 Å². The lowest BCUT2D eigenvalue weighted by molar-refractivity contribution is 0.194. The highest BCUT2D eigenvalue weighted by Gasteiger charge is 2.18. The lowest BCUT2D eigenvalue weighted by Crippen LogP contribution is -2.38. The molecule has 3 N–H and O–H groups in total. The molecule has 5 heteroatoms. The first kappa shape index (κ1) is 13.3. The minimum atomic E-state index is 0.784. The van der Waals surface area contributed by atoms with Crippen LogP contribution in [0.25, 0.3) is 0 Å². The van der Waals surface area contributed by atoms with Gasteiger partial charge in [0.1, 0.15) is 0 Å². The predicted octanol–water partition coefficient (Wildman–Crippen LogP) is 2.59. The molecule has 2 rings (SSSR count). The fourth-order valence-corrected chi connectivity index (χ4v) is 3.58. The molecule has 1 aromatic heterocycles. The zero-order valence-corrected chi connectivity index (χ0v) is 12.4. The SMILES string of the molecule is NCCN1CCC(CNc2cc(Br)cs2)CC1. The quantitative estimate of drug-likeness (QED) is 0.877. The Morgan fingerprint density at radius 2 is 2.24 bits per heavy atom. The van der Waals surface area contributed by atoms with E-state index in [0.717, 1.165) is 25.6 Å². The fraction of sp³-hybridized carbons (Fsp3) is 0.667. The van der Waals surface area contributed by atoms with Gasteiger partial charge in [-0.25, -0.2) is 0 Å². The molecule has 1 fully saturated rings. The number of nitrogens with zero attached hydrogens (tertiary/aromatic N) is 1. The van der Waals surface area contributed by atoms with Gasteiger partial charge in [-0.05, 0) is 53.8 Å². The first-order chi connectivity index (χ1) is 8.28. The molecule has 0 aliphatic carbocycles. The van der Waals surface area contributed by atoms with E-state index in [4.69, 9.17) is 5.73 Å². The maximum atomic E-state index is 5.57. The van der Waals surface area contributed by atoms with E-state index in [1.54, 1.807) is 11.3 Å². The summed E-state index contributed by atoms with van der Waals surface area (Å²) in [6.45, 7) is 5.35. The van der Waals surface area contributed by atoms with Crippen LogP contribution in [-0.4, -0.2) is 37.6 Å². The average molecular weight is 318 g/mol. The van der Waals surface area contributed by atoms with E-state index in [-0.39, 0.29) is 0 Å². The summed E-state index contributed by atoms with van der Waals surface area (Å²) in [5, 5.41) is 6.91. The van der Waals surface area contributed by atoms with E-state index in [0.29, 0.717) is 0 Å². The van der Waals surface area contributed by atoms with Crippen molar-refractivity contribution < 1.29 is 0 Å². The number of likely N-dealkylation sites (tertiary alicyclic amines) is 1. The van der Waals surface area contributed by atoms with Crippen molar-refractivity contribution in [2.75, 3.05) is 38.0 Å². The van der Waals surface area contributed by atoms with Crippen LogP contribution in [0.4, 0.5) is 5.00 Å². The number of nitrogens with one attached hydrogen (secondary N) is 1. The lowest BCUT2D eigenvalue weighted by atomic mass is 9.97. The third kappa shape index (κ3) is 4.25. The number of anilines is 1. The Bertz CT molecular complexity index is 334. The van der Waals surface area contributed by atoms with Crippen molar-refractivity contribution in [1.82, 2.24) is 4.90 Å². The van der Waals surface area contributed by atoms with Gasteiger partial charge in [-0.2, -0.15) is 0 Å². The van der Waals surface area contributed by atoms with Crippen molar-refractivity contribution >= 4 is 32.3 Å². The maximum absolute atomic E-state index is 5.57. The van der Waals surface area contributed by atoms with Crippen LogP contribution >= 0.6 is 27.3 Å². The molecule has 0 saturated carbocycles. The number of piperidine rings is 1. The predicted molar refractivity (Wildman–Crippen MR) is 78.7 cm³/mol. The van der Waals surface area contributed by atoms with Crippen molar-refractivity contribution in [1.29, 1.82) is 0 Å². The molecular weight excluding hydrogens is 298 g/mol. The molecule has 2 heterocycles. The van der Waals surface area contributed by atoms with E-state index < -0.39 is 0 Å². The van der Waals surface area contributed by atoms with Crippen LogP contribution in [0.3, 0.4) is 0 Å². The molecule has 1 saturated heterocycles. The zero-order chi connectivity index (χ0) is 12.1. The summed E-state index contributed by atoms with van der Waals surface area (Å²) >= 11 is 5.24. The van der Waals surface area contributed by atoms with Crippen molar-refractivity contribution in [3.8, 4) is 0 Å². The van der Waals surface area contributed by atoms with Crippen molar-refractivity contribution in [2.45, 2.75) is 12.8 Å². The van der Waals surface area contributed by atoms with Crippen LogP contribution in [0, 0.1) is 5.92 Å². The van der Waals surface area contributed by atoms with E-state index in [1.807, 2.05) is 0 Å². The molecule has 0 unspecified atom stereocenters. The van der Waals surface area contributed by atoms with Gasteiger partial charge < -0.3 is 16.0 Å². The fourth-order valence-electron chi connectivity index (χ4n) is 2.25. The van der Waals surface area contributed by atoms with Gasteiger partial charge in [-0.3, -0.25) is 0 Å². The molecule has 96 valence electrons. The van der Waals surface area contributed by atoms with Crippen LogP contribution in [0.5, 0.6) is 0 Å². The Balaban J connectivity index is 1.68. The molecule has 1 aliphatic rings. The molecule has 0 aromatic carbocycles. The smallest absolute Gasteiger partial charge is 0.0894 e. The minimum absolute atomic E-state index is 0.784. The van der Waals surface area contributed by atoms with Crippen LogP contribution in [0.15, 0.2) is 15.9 Å². The Morgan fingerprint density at radius 3 is 2.82 bits per heavy atom. The standard InChI is InChI=1S/C12H20BrN3S/c13-11-7-12(17-9-11)15-8-10-1-4-16(5-2-10)6-3-14/h7,9-10,15H,1-6,8,14H2. The van der Waals surface area contributed by atoms with Gasteiger partial charge >= 0.3 is 0 Å². The second-order valence-electron chi connectivity index (χ2n) is 4.58. The second-order valence-corrected chi connectivity index (χ2v) is 6.41. The van der Waals surface area contributed by atoms with Gasteiger partial charge in [-0.15, -0.1) is 11.3 Å². The Kier molecular flexibility index (Phi) is 5.28. The molecule has 1 aromatic rings. The molecule has 0 bridgehead atoms. The van der Waals surface area contributed by atoms with Gasteiger partial charge in [0, 0.05) is 29.5 Å². The maximum Gasteiger partial charge on any atom is 0.0894 e. The molecule has 17 heavy (non-hydrogen) atoms. The summed E-state index contributed by atoms with van der Waals surface area (Å²) in [4.78, 5) is 2.47. The number of nitrogens with two attached hydrogens (primary N) is 1. The third-order valence-corrected chi connectivity index (χ3v) is 4.93. The second kappa shape index (κ2) is 6.73. The van der Waals surface area contributed by atoms with Crippen molar-refractivity contribution in [3.05, 3.63) is 15.9 Å². The number of halogens is 1. The Hall–Kier alpha value is -0.100. The number of hydrogen-bond donors (Lipinski definition) is 2. The lowest BCUT2D eigenvalue weighted by Gasteiger charge is -2.31. The van der Waals surface area contributed by atoms with Crippen molar-refractivity contribution in [2.24, 2.45) is 11.7 Å². The highest BCUT2D eigenvalue weighted by Crippen LogP contribution is 2.25. The molecule has 0 amide bonds. The zero-order valence-electron chi connectivity index (χ0n) is 9.99. The van der Waals surface area contributed by atoms with Gasteiger partial charge in [0.15, 0.2) is 0 Å². The van der Waals surface area contributed by atoms with Gasteiger partial charge in [-0.1, -0.05) is 0 Å². The average Bonchev–Trinajstić information content (AvgIpc) is 2.75. The molecule has 3 nitrogen and oxygen atoms in total.